The molecule has 2 fully saturated rings. The molecule has 1 aromatic carbocycles. The first-order chi connectivity index (χ1) is 11.7. The molecular formula is C18H16N2O4. The van der Waals surface area contributed by atoms with Gasteiger partial charge in [-0.1, -0.05) is 6.07 Å². The van der Waals surface area contributed by atoms with E-state index in [2.05, 4.69) is 4.99 Å². The number of carbonyl (C=O) groups is 1. The van der Waals surface area contributed by atoms with Gasteiger partial charge in [0.2, 0.25) is 5.91 Å². The highest BCUT2D eigenvalue weighted by atomic mass is 16.6. The Bertz CT molecular complexity index is 841. The largest absolute Gasteiger partial charge is 0.492 e. The topological polar surface area (TPSA) is 83.1 Å². The Morgan fingerprint density at radius 2 is 2.00 bits per heavy atom. The molecule has 0 bridgehead atoms. The van der Waals surface area contributed by atoms with Crippen molar-refractivity contribution in [2.45, 2.75) is 17.6 Å². The smallest absolute Gasteiger partial charge is 0.249 e. The number of fused-ring (bicyclic) bond motifs is 5. The molecule has 24 heavy (non-hydrogen) atoms. The molecule has 122 valence electrons. The number of ether oxygens (including phenoxy) is 3. The van der Waals surface area contributed by atoms with E-state index < -0.39 is 11.3 Å². The molecular weight excluding hydrogens is 308 g/mol. The Hall–Kier alpha value is -2.44. The normalized spacial score (nSPS) is 32.5. The Morgan fingerprint density at radius 1 is 1.21 bits per heavy atom. The van der Waals surface area contributed by atoms with Crippen molar-refractivity contribution in [3.05, 3.63) is 52.8 Å². The van der Waals surface area contributed by atoms with E-state index in [1.54, 1.807) is 12.1 Å². The van der Waals surface area contributed by atoms with Crippen molar-refractivity contribution < 1.29 is 19.0 Å². The second-order valence-electron chi connectivity index (χ2n) is 6.36. The van der Waals surface area contributed by atoms with Crippen LogP contribution in [0.15, 0.2) is 46.7 Å². The minimum atomic E-state index is -0.585. The van der Waals surface area contributed by atoms with Crippen LogP contribution < -0.4 is 5.73 Å². The van der Waals surface area contributed by atoms with Gasteiger partial charge in [-0.25, -0.2) is 0 Å². The fraction of sp³-hybridized carbons (Fsp3) is 0.333. The molecule has 6 heteroatoms. The van der Waals surface area contributed by atoms with Gasteiger partial charge in [0.1, 0.15) is 24.6 Å². The Kier molecular flexibility index (Phi) is 2.78. The van der Waals surface area contributed by atoms with Crippen LogP contribution in [0.25, 0.3) is 0 Å². The van der Waals surface area contributed by atoms with Crippen LogP contribution in [-0.2, 0) is 19.6 Å². The zero-order valence-electron chi connectivity index (χ0n) is 12.9. The molecule has 2 N–H and O–H groups in total. The van der Waals surface area contributed by atoms with E-state index in [-0.39, 0.29) is 12.2 Å². The fourth-order valence-electron chi connectivity index (χ4n) is 3.97. The van der Waals surface area contributed by atoms with Crippen LogP contribution in [0.1, 0.15) is 15.9 Å². The molecule has 1 spiro atoms. The van der Waals surface area contributed by atoms with E-state index in [4.69, 9.17) is 19.9 Å². The van der Waals surface area contributed by atoms with Crippen molar-refractivity contribution in [3.8, 4) is 0 Å². The third-order valence-electron chi connectivity index (χ3n) is 5.05. The average Bonchev–Trinajstić information content (AvgIpc) is 3.16. The van der Waals surface area contributed by atoms with Gasteiger partial charge in [-0.3, -0.25) is 9.79 Å². The molecule has 4 aliphatic rings. The van der Waals surface area contributed by atoms with Gasteiger partial charge in [0.05, 0.1) is 24.3 Å². The molecule has 0 aromatic heterocycles. The monoisotopic (exact) mass is 324 g/mol. The molecule has 3 atom stereocenters. The highest BCUT2D eigenvalue weighted by Crippen LogP contribution is 2.51. The number of hydrogen-bond donors (Lipinski definition) is 1. The summed E-state index contributed by atoms with van der Waals surface area (Å²) in [5, 5.41) is 0. The number of carbonyl (C=O) groups excluding carboxylic acids is 1. The first kappa shape index (κ1) is 13.9. The molecule has 6 nitrogen and oxygen atoms in total. The molecule has 5 rings (SSSR count). The highest BCUT2D eigenvalue weighted by molar-refractivity contribution is 6.02. The number of benzene rings is 1. The summed E-state index contributed by atoms with van der Waals surface area (Å²) in [4.78, 5) is 16.5. The van der Waals surface area contributed by atoms with Gasteiger partial charge < -0.3 is 19.9 Å². The third-order valence-corrected chi connectivity index (χ3v) is 5.05. The lowest BCUT2D eigenvalue weighted by Crippen LogP contribution is -2.40. The molecule has 1 amide bonds. The molecule has 0 radical (unpaired) electrons. The maximum atomic E-state index is 11.9. The van der Waals surface area contributed by atoms with Crippen molar-refractivity contribution in [2.75, 3.05) is 19.8 Å². The van der Waals surface area contributed by atoms with Crippen LogP contribution in [0.5, 0.6) is 0 Å². The molecule has 3 heterocycles. The maximum Gasteiger partial charge on any atom is 0.249 e. The van der Waals surface area contributed by atoms with Gasteiger partial charge in [0.25, 0.3) is 0 Å². The number of aliphatic imine (C=N–C) groups is 1. The van der Waals surface area contributed by atoms with Crippen LogP contribution >= 0.6 is 0 Å². The lowest BCUT2D eigenvalue weighted by atomic mass is 9.73. The summed E-state index contributed by atoms with van der Waals surface area (Å²) in [6, 6.07) is 5.43. The first-order valence-corrected chi connectivity index (χ1v) is 7.98. The van der Waals surface area contributed by atoms with Crippen molar-refractivity contribution in [2.24, 2.45) is 10.7 Å². The minimum absolute atomic E-state index is 0.128. The van der Waals surface area contributed by atoms with Gasteiger partial charge in [0.15, 0.2) is 0 Å². The standard InChI is InChI=1S/C18H16N2O4/c19-17(21)10-2-1-3-12-16(10)18(8-20-12)9-24-13-7-15-14(6-11(13)18)22-4-5-23-15/h1-3,6-8,14-15H,4-5,9H2,(H2,19,21). The highest BCUT2D eigenvalue weighted by Gasteiger charge is 2.51. The second-order valence-corrected chi connectivity index (χ2v) is 6.36. The summed E-state index contributed by atoms with van der Waals surface area (Å²) in [5.74, 6) is 0.320. The van der Waals surface area contributed by atoms with Gasteiger partial charge in [-0.15, -0.1) is 0 Å². The van der Waals surface area contributed by atoms with E-state index >= 15 is 0 Å². The predicted octanol–water partition coefficient (Wildman–Crippen LogP) is 1.38. The van der Waals surface area contributed by atoms with Crippen molar-refractivity contribution in [3.63, 3.8) is 0 Å². The Balaban J connectivity index is 1.68. The number of rotatable bonds is 1. The summed E-state index contributed by atoms with van der Waals surface area (Å²) in [6.07, 6.45) is 5.60. The van der Waals surface area contributed by atoms with E-state index in [0.717, 1.165) is 22.6 Å². The summed E-state index contributed by atoms with van der Waals surface area (Å²) in [6.45, 7) is 1.54. The lowest BCUT2D eigenvalue weighted by Gasteiger charge is -2.33. The zero-order chi connectivity index (χ0) is 16.3. The number of allylic oxidation sites excluding steroid dienone is 1. The van der Waals surface area contributed by atoms with Gasteiger partial charge in [-0.05, 0) is 24.3 Å². The van der Waals surface area contributed by atoms with Crippen molar-refractivity contribution >= 4 is 17.8 Å². The maximum absolute atomic E-state index is 11.9. The average molecular weight is 324 g/mol. The second kappa shape index (κ2) is 4.78. The molecule has 0 saturated carbocycles. The molecule has 3 unspecified atom stereocenters. The van der Waals surface area contributed by atoms with E-state index in [1.165, 1.54) is 0 Å². The van der Waals surface area contributed by atoms with E-state index in [9.17, 15) is 4.79 Å². The number of primary amides is 1. The SMILES string of the molecule is NC(=O)c1cccc2c1C1(C=N2)COC2=CC3OCCOC3C=C21. The first-order valence-electron chi connectivity index (χ1n) is 7.98. The number of nitrogens with two attached hydrogens (primary N) is 1. The third kappa shape index (κ3) is 1.72. The molecule has 1 aliphatic carbocycles. The predicted molar refractivity (Wildman–Crippen MR) is 86.4 cm³/mol. The van der Waals surface area contributed by atoms with Gasteiger partial charge in [0, 0.05) is 22.9 Å². The molecule has 1 aromatic rings. The van der Waals surface area contributed by atoms with Gasteiger partial charge in [-0.2, -0.15) is 0 Å². The van der Waals surface area contributed by atoms with E-state index in [0.29, 0.717) is 25.4 Å². The number of nitrogens with zero attached hydrogens (tertiary/aromatic N) is 1. The minimum Gasteiger partial charge on any atom is -0.492 e. The van der Waals surface area contributed by atoms with Crippen LogP contribution in [0, 0.1) is 0 Å². The van der Waals surface area contributed by atoms with Crippen molar-refractivity contribution in [1.29, 1.82) is 0 Å². The number of hydrogen-bond acceptors (Lipinski definition) is 5. The Labute approximate surface area is 138 Å². The quantitative estimate of drug-likeness (QED) is 0.846. The Morgan fingerprint density at radius 3 is 2.79 bits per heavy atom. The van der Waals surface area contributed by atoms with E-state index in [1.807, 2.05) is 24.4 Å². The van der Waals surface area contributed by atoms with Gasteiger partial charge >= 0.3 is 0 Å². The summed E-state index contributed by atoms with van der Waals surface area (Å²) in [7, 11) is 0. The lowest BCUT2D eigenvalue weighted by molar-refractivity contribution is -0.103. The number of amides is 1. The van der Waals surface area contributed by atoms with Crippen LogP contribution in [0.3, 0.4) is 0 Å². The zero-order valence-corrected chi connectivity index (χ0v) is 12.9. The van der Waals surface area contributed by atoms with Crippen LogP contribution in [0.2, 0.25) is 0 Å². The van der Waals surface area contributed by atoms with Crippen molar-refractivity contribution in [1.82, 2.24) is 0 Å². The molecule has 3 aliphatic heterocycles. The molecule has 2 saturated heterocycles. The van der Waals surface area contributed by atoms with Crippen LogP contribution in [0.4, 0.5) is 5.69 Å². The summed E-state index contributed by atoms with van der Waals surface area (Å²) >= 11 is 0. The fourth-order valence-corrected chi connectivity index (χ4v) is 3.97. The summed E-state index contributed by atoms with van der Waals surface area (Å²) in [5.41, 5.74) is 8.06. The summed E-state index contributed by atoms with van der Waals surface area (Å²) < 4.78 is 17.5. The van der Waals surface area contributed by atoms with Crippen LogP contribution in [-0.4, -0.2) is 44.2 Å².